The van der Waals surface area contributed by atoms with Gasteiger partial charge in [0.05, 0.1) is 17.1 Å². The maximum absolute atomic E-state index is 13.6. The first-order valence-corrected chi connectivity index (χ1v) is 6.60. The van der Waals surface area contributed by atoms with E-state index in [0.29, 0.717) is 13.0 Å². The molecule has 1 heterocycles. The van der Waals surface area contributed by atoms with E-state index in [4.69, 9.17) is 16.7 Å². The first kappa shape index (κ1) is 14.6. The van der Waals surface area contributed by atoms with Crippen molar-refractivity contribution in [1.82, 2.24) is 4.90 Å². The maximum atomic E-state index is 13.6. The van der Waals surface area contributed by atoms with Gasteiger partial charge < -0.3 is 15.3 Å². The molecule has 1 fully saturated rings. The van der Waals surface area contributed by atoms with Crippen LogP contribution in [0.2, 0.25) is 5.02 Å². The quantitative estimate of drug-likeness (QED) is 0.901. The van der Waals surface area contributed by atoms with E-state index < -0.39 is 17.8 Å². The number of halogens is 2. The Labute approximate surface area is 120 Å². The second kappa shape index (κ2) is 6.09. The normalized spacial score (nSPS) is 18.1. The third kappa shape index (κ3) is 3.19. The number of para-hydroxylation sites is 1. The average Bonchev–Trinajstić information content (AvgIpc) is 2.81. The smallest absolute Gasteiger partial charge is 0.322 e. The molecule has 1 aliphatic rings. The van der Waals surface area contributed by atoms with Gasteiger partial charge in [0.1, 0.15) is 5.82 Å². The van der Waals surface area contributed by atoms with Crippen molar-refractivity contribution in [3.05, 3.63) is 29.0 Å². The first-order chi connectivity index (χ1) is 9.49. The molecule has 1 aromatic carbocycles. The zero-order chi connectivity index (χ0) is 14.7. The lowest BCUT2D eigenvalue weighted by molar-refractivity contribution is -0.137. The van der Waals surface area contributed by atoms with Gasteiger partial charge in [0, 0.05) is 12.6 Å². The minimum Gasteiger partial charge on any atom is -0.481 e. The molecule has 0 bridgehead atoms. The van der Waals surface area contributed by atoms with Gasteiger partial charge in [-0.25, -0.2) is 9.18 Å². The maximum Gasteiger partial charge on any atom is 0.322 e. The topological polar surface area (TPSA) is 69.6 Å². The highest BCUT2D eigenvalue weighted by molar-refractivity contribution is 6.33. The molecule has 20 heavy (non-hydrogen) atoms. The van der Waals surface area contributed by atoms with E-state index in [1.54, 1.807) is 0 Å². The van der Waals surface area contributed by atoms with Crippen LogP contribution < -0.4 is 5.32 Å². The van der Waals surface area contributed by atoms with Crippen molar-refractivity contribution in [2.24, 2.45) is 0 Å². The number of carbonyl (C=O) groups is 2. The number of likely N-dealkylation sites (tertiary alicyclic amines) is 1. The van der Waals surface area contributed by atoms with Gasteiger partial charge in [0.15, 0.2) is 0 Å². The molecular weight excluding hydrogens is 287 g/mol. The number of carbonyl (C=O) groups excluding carboxylic acids is 1. The summed E-state index contributed by atoms with van der Waals surface area (Å²) < 4.78 is 13.6. The van der Waals surface area contributed by atoms with E-state index in [1.165, 1.54) is 23.1 Å². The van der Waals surface area contributed by atoms with Crippen LogP contribution in [0.5, 0.6) is 0 Å². The molecule has 0 saturated carbocycles. The number of carboxylic acids is 1. The minimum atomic E-state index is -0.960. The van der Waals surface area contributed by atoms with Crippen LogP contribution in [-0.4, -0.2) is 34.6 Å². The molecule has 2 N–H and O–H groups in total. The van der Waals surface area contributed by atoms with Crippen LogP contribution in [-0.2, 0) is 4.79 Å². The van der Waals surface area contributed by atoms with E-state index in [-0.39, 0.29) is 23.2 Å². The molecular formula is C13H14ClFN2O3. The van der Waals surface area contributed by atoms with Crippen molar-refractivity contribution >= 4 is 29.3 Å². The van der Waals surface area contributed by atoms with Gasteiger partial charge in [-0.3, -0.25) is 4.79 Å². The first-order valence-electron chi connectivity index (χ1n) is 6.22. The standard InChI is InChI=1S/C13H14ClFN2O3/c14-9-4-1-5-10(15)12(9)16-13(20)17-6-2-3-8(17)7-11(18)19/h1,4-5,8H,2-3,6-7H2,(H,16,20)(H,18,19). The number of aliphatic carboxylic acids is 1. The molecule has 0 aromatic heterocycles. The number of hydrogen-bond donors (Lipinski definition) is 2. The lowest BCUT2D eigenvalue weighted by Gasteiger charge is -2.24. The summed E-state index contributed by atoms with van der Waals surface area (Å²) in [5, 5.41) is 11.3. The molecule has 1 saturated heterocycles. The molecule has 7 heteroatoms. The van der Waals surface area contributed by atoms with Crippen LogP contribution in [0.15, 0.2) is 18.2 Å². The van der Waals surface area contributed by atoms with Crippen molar-refractivity contribution in [1.29, 1.82) is 0 Å². The number of hydrogen-bond acceptors (Lipinski definition) is 2. The Morgan fingerprint density at radius 1 is 1.50 bits per heavy atom. The fourth-order valence-electron chi connectivity index (χ4n) is 2.31. The summed E-state index contributed by atoms with van der Waals surface area (Å²) in [6, 6.07) is 3.22. The van der Waals surface area contributed by atoms with E-state index in [1.807, 2.05) is 0 Å². The average molecular weight is 301 g/mol. The van der Waals surface area contributed by atoms with E-state index >= 15 is 0 Å². The van der Waals surface area contributed by atoms with Gasteiger partial charge in [-0.05, 0) is 25.0 Å². The van der Waals surface area contributed by atoms with Crippen LogP contribution >= 0.6 is 11.6 Å². The number of anilines is 1. The van der Waals surface area contributed by atoms with Gasteiger partial charge in [0.2, 0.25) is 0 Å². The summed E-state index contributed by atoms with van der Waals surface area (Å²) >= 11 is 5.83. The van der Waals surface area contributed by atoms with Crippen molar-refractivity contribution in [2.45, 2.75) is 25.3 Å². The van der Waals surface area contributed by atoms with Crippen molar-refractivity contribution < 1.29 is 19.1 Å². The summed E-state index contributed by atoms with van der Waals surface area (Å²) in [5.74, 6) is -1.58. The monoisotopic (exact) mass is 300 g/mol. The Kier molecular flexibility index (Phi) is 4.44. The van der Waals surface area contributed by atoms with Gasteiger partial charge in [-0.2, -0.15) is 0 Å². The number of nitrogens with one attached hydrogen (secondary N) is 1. The van der Waals surface area contributed by atoms with Crippen molar-refractivity contribution in [2.75, 3.05) is 11.9 Å². The molecule has 1 aliphatic heterocycles. The Morgan fingerprint density at radius 2 is 2.25 bits per heavy atom. The summed E-state index contributed by atoms with van der Waals surface area (Å²) in [7, 11) is 0. The summed E-state index contributed by atoms with van der Waals surface area (Å²) in [5.41, 5.74) is -0.0832. The molecule has 1 atom stereocenters. The molecule has 0 aliphatic carbocycles. The van der Waals surface area contributed by atoms with Crippen LogP contribution in [0.4, 0.5) is 14.9 Å². The molecule has 2 rings (SSSR count). The second-order valence-electron chi connectivity index (χ2n) is 4.61. The highest BCUT2D eigenvalue weighted by atomic mass is 35.5. The Balaban J connectivity index is 2.09. The lowest BCUT2D eigenvalue weighted by Crippen LogP contribution is -2.39. The number of carboxylic acid groups (broad SMARTS) is 1. The summed E-state index contributed by atoms with van der Waals surface area (Å²) in [4.78, 5) is 24.3. The van der Waals surface area contributed by atoms with E-state index in [2.05, 4.69) is 5.32 Å². The van der Waals surface area contributed by atoms with Gasteiger partial charge >= 0.3 is 12.0 Å². The molecule has 1 unspecified atom stereocenters. The van der Waals surface area contributed by atoms with Crippen LogP contribution in [0.1, 0.15) is 19.3 Å². The molecule has 0 radical (unpaired) electrons. The molecule has 0 spiro atoms. The van der Waals surface area contributed by atoms with Gasteiger partial charge in [-0.1, -0.05) is 17.7 Å². The SMILES string of the molecule is O=C(O)CC1CCCN1C(=O)Nc1c(F)cccc1Cl. The largest absolute Gasteiger partial charge is 0.481 e. The highest BCUT2D eigenvalue weighted by Gasteiger charge is 2.30. The number of nitrogens with zero attached hydrogens (tertiary/aromatic N) is 1. The van der Waals surface area contributed by atoms with Gasteiger partial charge in [0.25, 0.3) is 0 Å². The zero-order valence-electron chi connectivity index (χ0n) is 10.6. The third-order valence-corrected chi connectivity index (χ3v) is 3.56. The van der Waals surface area contributed by atoms with Crippen LogP contribution in [0.3, 0.4) is 0 Å². The fraction of sp³-hybridized carbons (Fsp3) is 0.385. The Bertz CT molecular complexity index is 518. The molecule has 1 aromatic rings. The second-order valence-corrected chi connectivity index (χ2v) is 5.02. The van der Waals surface area contributed by atoms with E-state index in [9.17, 15) is 14.0 Å². The number of urea groups is 1. The lowest BCUT2D eigenvalue weighted by atomic mass is 10.1. The zero-order valence-corrected chi connectivity index (χ0v) is 11.4. The predicted molar refractivity (Wildman–Crippen MR) is 72.4 cm³/mol. The predicted octanol–water partition coefficient (Wildman–Crippen LogP) is 2.95. The van der Waals surface area contributed by atoms with E-state index in [0.717, 1.165) is 6.42 Å². The number of benzene rings is 1. The highest BCUT2D eigenvalue weighted by Crippen LogP contribution is 2.27. The van der Waals surface area contributed by atoms with Crippen molar-refractivity contribution in [3.8, 4) is 0 Å². The molecule has 2 amide bonds. The minimum absolute atomic E-state index is 0.0832. The van der Waals surface area contributed by atoms with Crippen LogP contribution in [0.25, 0.3) is 0 Å². The van der Waals surface area contributed by atoms with Crippen LogP contribution in [0, 0.1) is 5.82 Å². The Morgan fingerprint density at radius 3 is 2.90 bits per heavy atom. The summed E-state index contributed by atoms with van der Waals surface area (Å²) in [6.45, 7) is 0.454. The molecule has 5 nitrogen and oxygen atoms in total. The summed E-state index contributed by atoms with van der Waals surface area (Å²) in [6.07, 6.45) is 1.25. The number of amides is 2. The van der Waals surface area contributed by atoms with Gasteiger partial charge in [-0.15, -0.1) is 0 Å². The van der Waals surface area contributed by atoms with Crippen molar-refractivity contribution in [3.63, 3.8) is 0 Å². The fourth-order valence-corrected chi connectivity index (χ4v) is 2.52. The molecule has 108 valence electrons. The Hall–Kier alpha value is -1.82. The third-order valence-electron chi connectivity index (χ3n) is 3.24. The number of rotatable bonds is 3.